The molecule has 0 radical (unpaired) electrons. The van der Waals surface area contributed by atoms with Crippen molar-refractivity contribution < 1.29 is 0 Å². The molecule has 0 bridgehead atoms. The summed E-state index contributed by atoms with van der Waals surface area (Å²) in [5.41, 5.74) is 1.58. The second kappa shape index (κ2) is 11.2. The van der Waals surface area contributed by atoms with Crippen molar-refractivity contribution in [3.05, 3.63) is 11.6 Å². The van der Waals surface area contributed by atoms with Crippen LogP contribution in [-0.2, 0) is 0 Å². The third-order valence-corrected chi connectivity index (χ3v) is 3.22. The average molecular weight is 225 g/mol. The van der Waals surface area contributed by atoms with E-state index < -0.39 is 0 Å². The van der Waals surface area contributed by atoms with Crippen LogP contribution in [0, 0.1) is 5.92 Å². The number of unbranched alkanes of at least 4 members (excludes halogenated alkanes) is 1. The molecule has 0 aliphatic rings. The first-order chi connectivity index (χ1) is 7.74. The van der Waals surface area contributed by atoms with Gasteiger partial charge in [-0.15, -0.1) is 0 Å². The summed E-state index contributed by atoms with van der Waals surface area (Å²) in [6.07, 6.45) is 10.4. The van der Waals surface area contributed by atoms with Crippen LogP contribution in [0.5, 0.6) is 0 Å². The normalized spacial score (nSPS) is 14.1. The summed E-state index contributed by atoms with van der Waals surface area (Å²) in [6, 6.07) is 0. The Morgan fingerprint density at radius 3 is 2.56 bits per heavy atom. The Hall–Kier alpha value is -0.300. The van der Waals surface area contributed by atoms with Crippen LogP contribution < -0.4 is 5.32 Å². The van der Waals surface area contributed by atoms with Gasteiger partial charge >= 0.3 is 0 Å². The van der Waals surface area contributed by atoms with Gasteiger partial charge in [0.2, 0.25) is 0 Å². The highest BCUT2D eigenvalue weighted by Gasteiger charge is 2.05. The first kappa shape index (κ1) is 15.7. The monoisotopic (exact) mass is 225 g/mol. The molecule has 1 atom stereocenters. The van der Waals surface area contributed by atoms with Gasteiger partial charge in [-0.3, -0.25) is 0 Å². The second-order valence-electron chi connectivity index (χ2n) is 4.81. The lowest BCUT2D eigenvalue weighted by molar-refractivity contribution is 0.447. The van der Waals surface area contributed by atoms with Gasteiger partial charge in [-0.2, -0.15) is 0 Å². The van der Waals surface area contributed by atoms with E-state index in [1.807, 2.05) is 0 Å². The van der Waals surface area contributed by atoms with Crippen LogP contribution in [0.3, 0.4) is 0 Å². The minimum absolute atomic E-state index is 0.912. The SMILES string of the molecule is CCCCC(CC)CC(C)=CCCNCC. The fourth-order valence-corrected chi connectivity index (χ4v) is 2.08. The van der Waals surface area contributed by atoms with Gasteiger partial charge in [0, 0.05) is 0 Å². The maximum absolute atomic E-state index is 3.36. The van der Waals surface area contributed by atoms with Gasteiger partial charge in [-0.25, -0.2) is 0 Å². The van der Waals surface area contributed by atoms with Gasteiger partial charge in [-0.05, 0) is 38.8 Å². The third kappa shape index (κ3) is 8.96. The summed E-state index contributed by atoms with van der Waals surface area (Å²) in [5, 5.41) is 3.36. The number of hydrogen-bond acceptors (Lipinski definition) is 1. The zero-order valence-electron chi connectivity index (χ0n) is 11.8. The Bertz CT molecular complexity index is 172. The zero-order chi connectivity index (χ0) is 12.2. The minimum Gasteiger partial charge on any atom is -0.317 e. The van der Waals surface area contributed by atoms with Gasteiger partial charge in [0.05, 0.1) is 0 Å². The molecule has 1 N–H and O–H groups in total. The first-order valence-corrected chi connectivity index (χ1v) is 7.10. The van der Waals surface area contributed by atoms with Crippen LogP contribution in [0.4, 0.5) is 0 Å². The predicted molar refractivity (Wildman–Crippen MR) is 74.8 cm³/mol. The number of nitrogens with one attached hydrogen (secondary N) is 1. The third-order valence-electron chi connectivity index (χ3n) is 3.22. The lowest BCUT2D eigenvalue weighted by atomic mass is 9.92. The highest BCUT2D eigenvalue weighted by Crippen LogP contribution is 2.21. The first-order valence-electron chi connectivity index (χ1n) is 7.10. The van der Waals surface area contributed by atoms with E-state index >= 15 is 0 Å². The molecule has 0 saturated carbocycles. The van der Waals surface area contributed by atoms with Crippen molar-refractivity contribution in [3.63, 3.8) is 0 Å². The molecule has 0 amide bonds. The molecule has 0 heterocycles. The Morgan fingerprint density at radius 1 is 1.25 bits per heavy atom. The molecule has 0 aromatic heterocycles. The van der Waals surface area contributed by atoms with Crippen LogP contribution in [0.15, 0.2) is 11.6 Å². The topological polar surface area (TPSA) is 12.0 Å². The molecule has 0 spiro atoms. The molecule has 0 aromatic carbocycles. The Labute approximate surface area is 103 Å². The number of hydrogen-bond donors (Lipinski definition) is 1. The van der Waals surface area contributed by atoms with Gasteiger partial charge in [0.15, 0.2) is 0 Å². The molecule has 0 rings (SSSR count). The van der Waals surface area contributed by atoms with Crippen molar-refractivity contribution in [1.82, 2.24) is 5.32 Å². The highest BCUT2D eigenvalue weighted by atomic mass is 14.8. The molecule has 0 aliphatic carbocycles. The Morgan fingerprint density at radius 2 is 2.00 bits per heavy atom. The van der Waals surface area contributed by atoms with Crippen molar-refractivity contribution in [2.24, 2.45) is 5.92 Å². The molecule has 16 heavy (non-hydrogen) atoms. The maximum atomic E-state index is 3.36. The summed E-state index contributed by atoms with van der Waals surface area (Å²) in [6.45, 7) is 11.3. The largest absolute Gasteiger partial charge is 0.317 e. The predicted octanol–water partition coefficient (Wildman–Crippen LogP) is 4.54. The van der Waals surface area contributed by atoms with Crippen molar-refractivity contribution >= 4 is 0 Å². The van der Waals surface area contributed by atoms with Crippen molar-refractivity contribution in [2.75, 3.05) is 13.1 Å². The van der Waals surface area contributed by atoms with Gasteiger partial charge in [0.1, 0.15) is 0 Å². The zero-order valence-corrected chi connectivity index (χ0v) is 11.8. The van der Waals surface area contributed by atoms with Crippen molar-refractivity contribution in [1.29, 1.82) is 0 Å². The molecule has 1 nitrogen and oxygen atoms in total. The van der Waals surface area contributed by atoms with E-state index in [0.29, 0.717) is 0 Å². The van der Waals surface area contributed by atoms with E-state index in [0.717, 1.165) is 19.0 Å². The van der Waals surface area contributed by atoms with Crippen molar-refractivity contribution in [2.45, 2.75) is 66.2 Å². The van der Waals surface area contributed by atoms with Crippen LogP contribution in [-0.4, -0.2) is 13.1 Å². The lowest BCUT2D eigenvalue weighted by Gasteiger charge is -2.14. The maximum Gasteiger partial charge on any atom is -0.00143 e. The van der Waals surface area contributed by atoms with E-state index in [1.54, 1.807) is 5.57 Å². The van der Waals surface area contributed by atoms with Gasteiger partial charge in [0.25, 0.3) is 0 Å². The molecule has 1 heteroatoms. The molecule has 0 aliphatic heterocycles. The Balaban J connectivity index is 3.75. The summed E-state index contributed by atoms with van der Waals surface area (Å²) in [4.78, 5) is 0. The van der Waals surface area contributed by atoms with Gasteiger partial charge in [-0.1, -0.05) is 58.1 Å². The fraction of sp³-hybridized carbons (Fsp3) is 0.867. The van der Waals surface area contributed by atoms with Crippen LogP contribution in [0.2, 0.25) is 0 Å². The van der Waals surface area contributed by atoms with Crippen molar-refractivity contribution in [3.8, 4) is 0 Å². The minimum atomic E-state index is 0.912. The van der Waals surface area contributed by atoms with E-state index in [1.165, 1.54) is 38.5 Å². The van der Waals surface area contributed by atoms with Crippen LogP contribution in [0.1, 0.15) is 66.2 Å². The standard InChI is InChI=1S/C15H31N/c1-5-8-11-15(6-2)13-14(4)10-9-12-16-7-3/h10,15-16H,5-9,11-13H2,1-4H3. The molecule has 0 saturated heterocycles. The summed E-state index contributed by atoms with van der Waals surface area (Å²) in [7, 11) is 0. The molecule has 1 unspecified atom stereocenters. The smallest absolute Gasteiger partial charge is 0.00143 e. The fourth-order valence-electron chi connectivity index (χ4n) is 2.08. The summed E-state index contributed by atoms with van der Waals surface area (Å²) < 4.78 is 0. The summed E-state index contributed by atoms with van der Waals surface area (Å²) >= 11 is 0. The van der Waals surface area contributed by atoms with E-state index in [2.05, 4.69) is 39.1 Å². The summed E-state index contributed by atoms with van der Waals surface area (Å²) in [5.74, 6) is 0.912. The second-order valence-corrected chi connectivity index (χ2v) is 4.81. The molecule has 0 fully saturated rings. The average Bonchev–Trinajstić information content (AvgIpc) is 2.30. The Kier molecular flexibility index (Phi) is 11.0. The van der Waals surface area contributed by atoms with E-state index in [9.17, 15) is 0 Å². The molecule has 96 valence electrons. The van der Waals surface area contributed by atoms with Gasteiger partial charge < -0.3 is 5.32 Å². The quantitative estimate of drug-likeness (QED) is 0.425. The number of rotatable bonds is 10. The number of allylic oxidation sites excluding steroid dienone is 1. The van der Waals surface area contributed by atoms with E-state index in [-0.39, 0.29) is 0 Å². The van der Waals surface area contributed by atoms with E-state index in [4.69, 9.17) is 0 Å². The molecular weight excluding hydrogens is 194 g/mol. The molecular formula is C15H31N. The molecule has 0 aromatic rings. The van der Waals surface area contributed by atoms with Crippen LogP contribution >= 0.6 is 0 Å². The lowest BCUT2D eigenvalue weighted by Crippen LogP contribution is -2.13. The van der Waals surface area contributed by atoms with Crippen LogP contribution in [0.25, 0.3) is 0 Å². The highest BCUT2D eigenvalue weighted by molar-refractivity contribution is 4.99.